The highest BCUT2D eigenvalue weighted by Crippen LogP contribution is 2.27. The second-order valence-corrected chi connectivity index (χ2v) is 4.36. The number of nitrogens with zero attached hydrogens (tertiary/aromatic N) is 2. The minimum absolute atomic E-state index is 0.612. The van der Waals surface area contributed by atoms with Gasteiger partial charge in [-0.1, -0.05) is 6.07 Å². The van der Waals surface area contributed by atoms with Gasteiger partial charge in [-0.2, -0.15) is 5.10 Å². The molecule has 5 heteroatoms. The molecule has 0 unspecified atom stereocenters. The molecule has 0 fully saturated rings. The van der Waals surface area contributed by atoms with Crippen molar-refractivity contribution in [2.45, 2.75) is 0 Å². The maximum absolute atomic E-state index is 5.89. The summed E-state index contributed by atoms with van der Waals surface area (Å²) in [7, 11) is 4.01. The quantitative estimate of drug-likeness (QED) is 0.786. The van der Waals surface area contributed by atoms with Crippen LogP contribution in [0, 0.1) is 0 Å². The number of anilines is 1. The lowest BCUT2D eigenvalue weighted by atomic mass is 10.1. The SMILES string of the molecule is CN(C)CCOc1cc(-c2cc[nH]n2)ccc1N. The topological polar surface area (TPSA) is 67.2 Å². The number of H-pyrrole nitrogens is 1. The summed E-state index contributed by atoms with van der Waals surface area (Å²) in [5.41, 5.74) is 8.41. The number of rotatable bonds is 5. The standard InChI is InChI=1S/C13H18N4O/c1-17(2)7-8-18-13-9-10(3-4-11(13)14)12-5-6-15-16-12/h3-6,9H,7-8,14H2,1-2H3,(H,15,16). The van der Waals surface area contributed by atoms with Gasteiger partial charge in [-0.15, -0.1) is 0 Å². The molecule has 0 atom stereocenters. The van der Waals surface area contributed by atoms with E-state index in [0.29, 0.717) is 18.0 Å². The molecule has 3 N–H and O–H groups in total. The first-order valence-electron chi connectivity index (χ1n) is 5.84. The predicted molar refractivity (Wildman–Crippen MR) is 72.5 cm³/mol. The molecule has 0 aliphatic rings. The summed E-state index contributed by atoms with van der Waals surface area (Å²) >= 11 is 0. The van der Waals surface area contributed by atoms with Crippen LogP contribution in [0.2, 0.25) is 0 Å². The maximum atomic E-state index is 5.89. The molecule has 0 aliphatic heterocycles. The largest absolute Gasteiger partial charge is 0.490 e. The van der Waals surface area contributed by atoms with Crippen molar-refractivity contribution < 1.29 is 4.74 Å². The van der Waals surface area contributed by atoms with Gasteiger partial charge in [0.2, 0.25) is 0 Å². The third-order valence-electron chi connectivity index (χ3n) is 2.61. The second-order valence-electron chi connectivity index (χ2n) is 4.36. The average Bonchev–Trinajstić information content (AvgIpc) is 2.84. The Labute approximate surface area is 107 Å². The van der Waals surface area contributed by atoms with Crippen molar-refractivity contribution >= 4 is 5.69 Å². The Morgan fingerprint density at radius 2 is 2.17 bits per heavy atom. The Morgan fingerprint density at radius 1 is 1.33 bits per heavy atom. The molecule has 2 rings (SSSR count). The monoisotopic (exact) mass is 246 g/mol. The lowest BCUT2D eigenvalue weighted by Crippen LogP contribution is -2.19. The number of hydrogen-bond donors (Lipinski definition) is 2. The molecule has 0 saturated carbocycles. The highest BCUT2D eigenvalue weighted by Gasteiger charge is 2.05. The van der Waals surface area contributed by atoms with Crippen LogP contribution in [0.25, 0.3) is 11.3 Å². The van der Waals surface area contributed by atoms with E-state index in [9.17, 15) is 0 Å². The number of benzene rings is 1. The summed E-state index contributed by atoms with van der Waals surface area (Å²) in [6.45, 7) is 1.47. The fourth-order valence-electron chi connectivity index (χ4n) is 1.58. The van der Waals surface area contributed by atoms with Gasteiger partial charge in [0.1, 0.15) is 12.4 Å². The average molecular weight is 246 g/mol. The Kier molecular flexibility index (Phi) is 3.84. The van der Waals surface area contributed by atoms with Crippen molar-refractivity contribution in [2.75, 3.05) is 33.0 Å². The molecule has 1 aromatic carbocycles. The number of hydrogen-bond acceptors (Lipinski definition) is 4. The van der Waals surface area contributed by atoms with Crippen molar-refractivity contribution in [3.8, 4) is 17.0 Å². The molecular weight excluding hydrogens is 228 g/mol. The van der Waals surface area contributed by atoms with Crippen LogP contribution >= 0.6 is 0 Å². The molecule has 1 heterocycles. The molecule has 18 heavy (non-hydrogen) atoms. The highest BCUT2D eigenvalue weighted by atomic mass is 16.5. The normalized spacial score (nSPS) is 10.8. The lowest BCUT2D eigenvalue weighted by Gasteiger charge is -2.13. The molecule has 5 nitrogen and oxygen atoms in total. The van der Waals surface area contributed by atoms with Gasteiger partial charge in [-0.3, -0.25) is 5.10 Å². The van der Waals surface area contributed by atoms with E-state index in [-0.39, 0.29) is 0 Å². The molecule has 0 bridgehead atoms. The van der Waals surface area contributed by atoms with Crippen LogP contribution < -0.4 is 10.5 Å². The van der Waals surface area contributed by atoms with E-state index < -0.39 is 0 Å². The summed E-state index contributed by atoms with van der Waals surface area (Å²) in [6.07, 6.45) is 1.79. The number of likely N-dealkylation sites (N-methyl/N-ethyl adjacent to an activating group) is 1. The highest BCUT2D eigenvalue weighted by molar-refractivity contribution is 5.67. The molecular formula is C13H18N4O. The van der Waals surface area contributed by atoms with Crippen LogP contribution in [0.3, 0.4) is 0 Å². The summed E-state index contributed by atoms with van der Waals surface area (Å²) in [4.78, 5) is 2.06. The molecule has 0 aliphatic carbocycles. The van der Waals surface area contributed by atoms with E-state index >= 15 is 0 Å². The van der Waals surface area contributed by atoms with Gasteiger partial charge in [-0.25, -0.2) is 0 Å². The summed E-state index contributed by atoms with van der Waals surface area (Å²) in [5.74, 6) is 0.706. The smallest absolute Gasteiger partial charge is 0.142 e. The van der Waals surface area contributed by atoms with Crippen LogP contribution in [0.5, 0.6) is 5.75 Å². The minimum atomic E-state index is 0.612. The number of aromatic nitrogens is 2. The Bertz CT molecular complexity index is 494. The molecule has 0 saturated heterocycles. The van der Waals surface area contributed by atoms with E-state index in [2.05, 4.69) is 15.1 Å². The summed E-state index contributed by atoms with van der Waals surface area (Å²) < 4.78 is 5.68. The minimum Gasteiger partial charge on any atom is -0.490 e. The zero-order valence-corrected chi connectivity index (χ0v) is 10.7. The van der Waals surface area contributed by atoms with Gasteiger partial charge in [0.15, 0.2) is 0 Å². The predicted octanol–water partition coefficient (Wildman–Crippen LogP) is 1.60. The van der Waals surface area contributed by atoms with Gasteiger partial charge < -0.3 is 15.4 Å². The van der Waals surface area contributed by atoms with Gasteiger partial charge >= 0.3 is 0 Å². The first-order valence-corrected chi connectivity index (χ1v) is 5.84. The molecule has 96 valence electrons. The fraction of sp³-hybridized carbons (Fsp3) is 0.308. The summed E-state index contributed by atoms with van der Waals surface area (Å²) in [5, 5.41) is 6.93. The number of aromatic amines is 1. The molecule has 0 spiro atoms. The van der Waals surface area contributed by atoms with Gasteiger partial charge in [0.05, 0.1) is 11.4 Å². The number of nitrogen functional groups attached to an aromatic ring is 1. The number of nitrogens with two attached hydrogens (primary N) is 1. The third kappa shape index (κ3) is 3.01. The van der Waals surface area contributed by atoms with E-state index in [1.165, 1.54) is 0 Å². The number of ether oxygens (including phenoxy) is 1. The fourth-order valence-corrected chi connectivity index (χ4v) is 1.58. The molecule has 2 aromatic rings. The van der Waals surface area contributed by atoms with E-state index in [1.54, 1.807) is 6.20 Å². The van der Waals surface area contributed by atoms with Crippen LogP contribution in [0.1, 0.15) is 0 Å². The van der Waals surface area contributed by atoms with Crippen molar-refractivity contribution in [3.63, 3.8) is 0 Å². The second kappa shape index (κ2) is 5.55. The molecule has 1 aromatic heterocycles. The van der Waals surface area contributed by atoms with Crippen LogP contribution in [0.15, 0.2) is 30.5 Å². The zero-order chi connectivity index (χ0) is 13.0. The number of nitrogens with one attached hydrogen (secondary N) is 1. The van der Waals surface area contributed by atoms with Crippen molar-refractivity contribution in [1.82, 2.24) is 15.1 Å². The maximum Gasteiger partial charge on any atom is 0.142 e. The van der Waals surface area contributed by atoms with E-state index in [0.717, 1.165) is 17.8 Å². The first-order chi connectivity index (χ1) is 8.66. The van der Waals surface area contributed by atoms with Crippen molar-refractivity contribution in [1.29, 1.82) is 0 Å². The Morgan fingerprint density at radius 3 is 2.83 bits per heavy atom. The Hall–Kier alpha value is -2.01. The van der Waals surface area contributed by atoms with Crippen LogP contribution in [-0.2, 0) is 0 Å². The Balaban J connectivity index is 2.12. The van der Waals surface area contributed by atoms with Gasteiger partial charge in [-0.05, 0) is 32.3 Å². The molecule has 0 amide bonds. The van der Waals surface area contributed by atoms with Crippen molar-refractivity contribution in [2.24, 2.45) is 0 Å². The van der Waals surface area contributed by atoms with Gasteiger partial charge in [0.25, 0.3) is 0 Å². The first kappa shape index (κ1) is 12.4. The zero-order valence-electron chi connectivity index (χ0n) is 10.7. The van der Waals surface area contributed by atoms with E-state index in [4.69, 9.17) is 10.5 Å². The van der Waals surface area contributed by atoms with Crippen LogP contribution in [-0.4, -0.2) is 42.3 Å². The van der Waals surface area contributed by atoms with Crippen molar-refractivity contribution in [3.05, 3.63) is 30.5 Å². The van der Waals surface area contributed by atoms with Crippen LogP contribution in [0.4, 0.5) is 5.69 Å². The lowest BCUT2D eigenvalue weighted by molar-refractivity contribution is 0.262. The van der Waals surface area contributed by atoms with E-state index in [1.807, 2.05) is 38.4 Å². The van der Waals surface area contributed by atoms with Gasteiger partial charge in [0, 0.05) is 18.3 Å². The molecule has 0 radical (unpaired) electrons. The summed E-state index contributed by atoms with van der Waals surface area (Å²) in [6, 6.07) is 7.61. The third-order valence-corrected chi connectivity index (χ3v) is 2.61.